The Morgan fingerprint density at radius 2 is 1.88 bits per heavy atom. The van der Waals surface area contributed by atoms with Gasteiger partial charge in [-0.1, -0.05) is 6.07 Å². The van der Waals surface area contributed by atoms with Crippen molar-refractivity contribution >= 4 is 17.3 Å². The second kappa shape index (κ2) is 11.2. The van der Waals surface area contributed by atoms with Gasteiger partial charge in [-0.3, -0.25) is 0 Å². The molecule has 43 heavy (non-hydrogen) atoms. The Morgan fingerprint density at radius 3 is 2.53 bits per heavy atom. The average molecular weight is 589 g/mol. The first-order chi connectivity index (χ1) is 20.7. The number of rotatable bonds is 7. The van der Waals surface area contributed by atoms with Crippen molar-refractivity contribution in [1.82, 2.24) is 19.7 Å². The third-order valence-electron chi connectivity index (χ3n) is 8.02. The van der Waals surface area contributed by atoms with Crippen molar-refractivity contribution in [2.24, 2.45) is 7.05 Å². The summed E-state index contributed by atoms with van der Waals surface area (Å²) in [7, 11) is 3.32. The van der Waals surface area contributed by atoms with Crippen molar-refractivity contribution < 1.29 is 17.9 Å². The first-order valence-electron chi connectivity index (χ1n) is 14.1. The quantitative estimate of drug-likeness (QED) is 0.276. The predicted molar refractivity (Wildman–Crippen MR) is 157 cm³/mol. The van der Waals surface area contributed by atoms with Crippen molar-refractivity contribution in [1.29, 1.82) is 5.26 Å². The van der Waals surface area contributed by atoms with E-state index in [0.29, 0.717) is 46.4 Å². The van der Waals surface area contributed by atoms with Gasteiger partial charge in [-0.05, 0) is 72.9 Å². The SMILES string of the molecule is CCNc1cc(-c2ccc(C#N)cc2-c2nncn2C)cc(N2Cc3c(cc(N4CCCC4)cc3C(F)(F)F)C2OC)n1. The lowest BCUT2D eigenvalue weighted by atomic mass is 9.97. The van der Waals surface area contributed by atoms with Crippen LogP contribution in [0.25, 0.3) is 22.5 Å². The van der Waals surface area contributed by atoms with Crippen molar-refractivity contribution in [3.8, 4) is 28.6 Å². The number of pyridine rings is 1. The van der Waals surface area contributed by atoms with E-state index in [4.69, 9.17) is 9.72 Å². The van der Waals surface area contributed by atoms with Gasteiger partial charge in [-0.15, -0.1) is 10.2 Å². The van der Waals surface area contributed by atoms with E-state index in [1.807, 2.05) is 43.1 Å². The number of alkyl halides is 3. The zero-order chi connectivity index (χ0) is 30.3. The molecule has 2 aromatic carbocycles. The molecule has 1 saturated heterocycles. The summed E-state index contributed by atoms with van der Waals surface area (Å²) in [6.45, 7) is 3.97. The number of fused-ring (bicyclic) bond motifs is 1. The molecule has 0 bridgehead atoms. The number of aromatic nitrogens is 4. The number of hydrogen-bond acceptors (Lipinski definition) is 8. The standard InChI is InChI=1S/C31H31F3N8O/c1-4-36-27-12-20(22-8-7-19(16-35)11-23(22)29-39-37-18-40(29)2)13-28(38-27)42-17-25-24(30(42)43-3)14-21(41-9-5-6-10-41)15-26(25)31(32,33)34/h7-8,11-15,18,30H,4-6,9-10,17H2,1-3H3,(H,36,38). The Balaban J connectivity index is 1.49. The van der Waals surface area contributed by atoms with Gasteiger partial charge in [0.05, 0.1) is 17.2 Å². The number of nitriles is 1. The molecule has 1 atom stereocenters. The third kappa shape index (κ3) is 5.25. The third-order valence-corrected chi connectivity index (χ3v) is 8.02. The molecule has 6 rings (SSSR count). The van der Waals surface area contributed by atoms with Crippen LogP contribution in [-0.4, -0.2) is 46.5 Å². The molecule has 4 aromatic rings. The van der Waals surface area contributed by atoms with E-state index in [1.165, 1.54) is 13.2 Å². The second-order valence-corrected chi connectivity index (χ2v) is 10.7. The minimum atomic E-state index is -4.52. The minimum Gasteiger partial charge on any atom is -0.372 e. The highest BCUT2D eigenvalue weighted by Crippen LogP contribution is 2.47. The van der Waals surface area contributed by atoms with Crippen LogP contribution in [0.5, 0.6) is 0 Å². The largest absolute Gasteiger partial charge is 0.416 e. The van der Waals surface area contributed by atoms with Crippen LogP contribution in [0, 0.1) is 11.3 Å². The molecule has 12 heteroatoms. The average Bonchev–Trinajstić information content (AvgIpc) is 3.75. The molecule has 0 spiro atoms. The van der Waals surface area contributed by atoms with Crippen LogP contribution in [-0.2, 0) is 24.5 Å². The van der Waals surface area contributed by atoms with Crippen LogP contribution in [0.15, 0.2) is 48.8 Å². The van der Waals surface area contributed by atoms with E-state index < -0.39 is 18.0 Å². The number of halogens is 3. The Hall–Kier alpha value is -4.63. The summed E-state index contributed by atoms with van der Waals surface area (Å²) >= 11 is 0. The van der Waals surface area contributed by atoms with Crippen molar-refractivity contribution in [2.45, 2.75) is 38.7 Å². The topological polar surface area (TPSA) is 95.1 Å². The Labute approximate surface area is 247 Å². The molecule has 2 aliphatic rings. The maximum absolute atomic E-state index is 14.5. The van der Waals surface area contributed by atoms with E-state index in [1.54, 1.807) is 27.9 Å². The molecule has 0 saturated carbocycles. The maximum atomic E-state index is 14.5. The molecule has 0 aliphatic carbocycles. The van der Waals surface area contributed by atoms with E-state index in [2.05, 4.69) is 21.6 Å². The van der Waals surface area contributed by atoms with Crippen LogP contribution >= 0.6 is 0 Å². The zero-order valence-corrected chi connectivity index (χ0v) is 24.1. The normalized spacial score (nSPS) is 16.4. The summed E-state index contributed by atoms with van der Waals surface area (Å²) < 4.78 is 51.0. The van der Waals surface area contributed by atoms with Crippen LogP contribution in [0.4, 0.5) is 30.5 Å². The van der Waals surface area contributed by atoms with Gasteiger partial charge in [-0.25, -0.2) is 4.98 Å². The van der Waals surface area contributed by atoms with Gasteiger partial charge in [0.2, 0.25) is 0 Å². The van der Waals surface area contributed by atoms with Crippen molar-refractivity contribution in [2.75, 3.05) is 41.9 Å². The monoisotopic (exact) mass is 588 g/mol. The molecule has 1 unspecified atom stereocenters. The molecule has 2 aliphatic heterocycles. The van der Waals surface area contributed by atoms with E-state index in [0.717, 1.165) is 37.1 Å². The summed E-state index contributed by atoms with van der Waals surface area (Å²) in [4.78, 5) is 8.58. The van der Waals surface area contributed by atoms with Gasteiger partial charge in [-0.2, -0.15) is 18.4 Å². The number of anilines is 3. The Morgan fingerprint density at radius 1 is 1.09 bits per heavy atom. The fraction of sp³-hybridized carbons (Fsp3) is 0.355. The number of methoxy groups -OCH3 is 1. The lowest BCUT2D eigenvalue weighted by Gasteiger charge is -2.26. The summed E-state index contributed by atoms with van der Waals surface area (Å²) in [5.41, 5.74) is 3.29. The maximum Gasteiger partial charge on any atom is 0.416 e. The van der Waals surface area contributed by atoms with Gasteiger partial charge in [0, 0.05) is 57.2 Å². The first kappa shape index (κ1) is 28.5. The molecule has 222 valence electrons. The van der Waals surface area contributed by atoms with Gasteiger partial charge < -0.3 is 24.4 Å². The highest BCUT2D eigenvalue weighted by atomic mass is 19.4. The number of aryl methyl sites for hydroxylation is 1. The van der Waals surface area contributed by atoms with Crippen LogP contribution < -0.4 is 15.1 Å². The lowest BCUT2D eigenvalue weighted by molar-refractivity contribution is -0.138. The predicted octanol–water partition coefficient (Wildman–Crippen LogP) is 6.13. The fourth-order valence-corrected chi connectivity index (χ4v) is 6.03. The minimum absolute atomic E-state index is 0.0194. The van der Waals surface area contributed by atoms with Crippen LogP contribution in [0.3, 0.4) is 0 Å². The summed E-state index contributed by atoms with van der Waals surface area (Å²) in [6.07, 6.45) is -1.80. The lowest BCUT2D eigenvalue weighted by Crippen LogP contribution is -2.24. The van der Waals surface area contributed by atoms with Crippen molar-refractivity contribution in [3.05, 3.63) is 71.0 Å². The van der Waals surface area contributed by atoms with Crippen LogP contribution in [0.1, 0.15) is 48.2 Å². The van der Waals surface area contributed by atoms with Crippen molar-refractivity contribution in [3.63, 3.8) is 0 Å². The smallest absolute Gasteiger partial charge is 0.372 e. The Bertz CT molecular complexity index is 1700. The van der Waals surface area contributed by atoms with Gasteiger partial charge in [0.1, 0.15) is 18.0 Å². The Kier molecular flexibility index (Phi) is 7.43. The van der Waals surface area contributed by atoms with E-state index in [9.17, 15) is 18.4 Å². The summed E-state index contributed by atoms with van der Waals surface area (Å²) in [5.74, 6) is 1.59. The molecule has 0 radical (unpaired) electrons. The van der Waals surface area contributed by atoms with E-state index >= 15 is 0 Å². The van der Waals surface area contributed by atoms with Crippen LogP contribution in [0.2, 0.25) is 0 Å². The molecular weight excluding hydrogens is 557 g/mol. The summed E-state index contributed by atoms with van der Waals surface area (Å²) in [5, 5.41) is 21.1. The molecule has 0 amide bonds. The second-order valence-electron chi connectivity index (χ2n) is 10.7. The molecule has 9 nitrogen and oxygen atoms in total. The molecule has 1 N–H and O–H groups in total. The highest BCUT2D eigenvalue weighted by molar-refractivity contribution is 5.84. The number of benzene rings is 2. The number of nitrogens with zero attached hydrogens (tertiary/aromatic N) is 7. The molecule has 4 heterocycles. The van der Waals surface area contributed by atoms with Gasteiger partial charge in [0.25, 0.3) is 0 Å². The number of hydrogen-bond donors (Lipinski definition) is 1. The molecular formula is C31H31F3N8O. The fourth-order valence-electron chi connectivity index (χ4n) is 6.03. The van der Waals surface area contributed by atoms with Gasteiger partial charge >= 0.3 is 6.18 Å². The first-order valence-corrected chi connectivity index (χ1v) is 14.1. The number of ether oxygens (including phenoxy) is 1. The zero-order valence-electron chi connectivity index (χ0n) is 24.1. The summed E-state index contributed by atoms with van der Waals surface area (Å²) in [6, 6.07) is 14.3. The van der Waals surface area contributed by atoms with Gasteiger partial charge in [0.15, 0.2) is 12.1 Å². The molecule has 2 aromatic heterocycles. The molecule has 1 fully saturated rings. The number of nitrogens with one attached hydrogen (secondary N) is 1. The highest BCUT2D eigenvalue weighted by Gasteiger charge is 2.42. The van der Waals surface area contributed by atoms with E-state index in [-0.39, 0.29) is 12.1 Å².